The van der Waals surface area contributed by atoms with Crippen LogP contribution in [0.3, 0.4) is 0 Å². The highest BCUT2D eigenvalue weighted by atomic mass is 16.5. The summed E-state index contributed by atoms with van der Waals surface area (Å²) < 4.78 is 44.8. The van der Waals surface area contributed by atoms with Gasteiger partial charge < -0.3 is 53.2 Å². The predicted octanol–water partition coefficient (Wildman–Crippen LogP) is 27.1. The number of aliphatic hydroxyl groups is 1. The molecule has 0 saturated heterocycles. The SMILES string of the molecule is OCc1ccc(OCc2ccccc2)cc1.Oc1ccc(OCc2ccccc2)cc1.Oc1cccc(OCc2ccccc2)c1.[C-]#[N+]c1ccc(OCc2ccccc2)cc1.c1ccc(COCc2ccccc2)cc1.c1ccc(COc2ccc3ccccc3c2)cc1.c1ccc(COc2ccccc2)cc1.c1ccc(Oc2ccccc2)cc1. The van der Waals surface area contributed by atoms with E-state index in [1.807, 2.05) is 346 Å². The van der Waals surface area contributed by atoms with Gasteiger partial charge in [0.1, 0.15) is 97.1 Å². The summed E-state index contributed by atoms with van der Waals surface area (Å²) in [5, 5.41) is 29.7. The summed E-state index contributed by atoms with van der Waals surface area (Å²) in [6.07, 6.45) is 0. The van der Waals surface area contributed by atoms with Gasteiger partial charge in [0.05, 0.1) is 26.4 Å². The lowest BCUT2D eigenvalue weighted by Gasteiger charge is -2.07. The summed E-state index contributed by atoms with van der Waals surface area (Å²) in [4.78, 5) is 3.32. The van der Waals surface area contributed by atoms with Crippen LogP contribution in [0.5, 0.6) is 57.5 Å². The number of hydrogen-bond donors (Lipinski definition) is 3. The second-order valence-corrected chi connectivity index (χ2v) is 27.1. The van der Waals surface area contributed by atoms with Crippen LogP contribution in [0.2, 0.25) is 0 Å². The van der Waals surface area contributed by atoms with Crippen molar-refractivity contribution in [3.8, 4) is 57.5 Å². The number of aromatic hydroxyl groups is 2. The number of aliphatic hydroxyl groups excluding tert-OH is 1. The smallest absolute Gasteiger partial charge is 0.187 e. The van der Waals surface area contributed by atoms with E-state index < -0.39 is 0 Å². The number of nitrogens with zero attached hydrogens (tertiary/aromatic N) is 1. The van der Waals surface area contributed by atoms with Gasteiger partial charge in [-0.1, -0.05) is 358 Å². The Morgan fingerprint density at radius 2 is 0.451 bits per heavy atom. The number of phenols is 2. The molecule has 12 heteroatoms. The first-order valence-electron chi connectivity index (χ1n) is 40.0. The molecule has 0 amide bonds. The van der Waals surface area contributed by atoms with Crippen LogP contribution < -0.4 is 33.2 Å². The van der Waals surface area contributed by atoms with Gasteiger partial charge in [0.25, 0.3) is 0 Å². The van der Waals surface area contributed by atoms with Crippen molar-refractivity contribution >= 4 is 16.5 Å². The summed E-state index contributed by atoms with van der Waals surface area (Å²) in [6, 6.07) is 153. The molecule has 0 aliphatic heterocycles. The summed E-state index contributed by atoms with van der Waals surface area (Å²) in [7, 11) is 0. The fraction of sp³-hybridized carbons (Fsp3) is 0.0818. The zero-order valence-electron chi connectivity index (χ0n) is 68.0. The van der Waals surface area contributed by atoms with Crippen LogP contribution in [0.1, 0.15) is 50.1 Å². The zero-order chi connectivity index (χ0) is 84.6. The van der Waals surface area contributed by atoms with Crippen molar-refractivity contribution in [2.24, 2.45) is 0 Å². The van der Waals surface area contributed by atoms with Gasteiger partial charge in [0, 0.05) is 6.07 Å². The van der Waals surface area contributed by atoms with Crippen molar-refractivity contribution in [2.75, 3.05) is 0 Å². The lowest BCUT2D eigenvalue weighted by molar-refractivity contribution is 0.107. The van der Waals surface area contributed by atoms with E-state index in [-0.39, 0.29) is 18.1 Å². The number of para-hydroxylation sites is 3. The average Bonchev–Trinajstić information content (AvgIpc) is 0.840. The molecule has 17 aromatic rings. The quantitative estimate of drug-likeness (QED) is 0.0471. The van der Waals surface area contributed by atoms with Crippen LogP contribution in [-0.2, 0) is 64.2 Å². The van der Waals surface area contributed by atoms with Crippen LogP contribution in [0.25, 0.3) is 15.6 Å². The topological polar surface area (TPSA) is 139 Å². The molecule has 0 aliphatic carbocycles. The summed E-state index contributed by atoms with van der Waals surface area (Å²) in [5.74, 6) is 7.09. The Bertz CT molecular complexity index is 5480. The third-order valence-corrected chi connectivity index (χ3v) is 17.6. The van der Waals surface area contributed by atoms with E-state index in [2.05, 4.69) is 77.6 Å². The van der Waals surface area contributed by atoms with E-state index >= 15 is 0 Å². The second kappa shape index (κ2) is 53.8. The Hall–Kier alpha value is -15.4. The molecule has 17 aromatic carbocycles. The molecular formula is C110H99NO11. The molecule has 0 radical (unpaired) electrons. The first-order valence-corrected chi connectivity index (χ1v) is 40.0. The molecule has 0 unspecified atom stereocenters. The molecule has 122 heavy (non-hydrogen) atoms. The van der Waals surface area contributed by atoms with Gasteiger partial charge in [-0.2, -0.15) is 0 Å². The highest BCUT2D eigenvalue weighted by Gasteiger charge is 2.04. The molecule has 0 aliphatic rings. The zero-order valence-corrected chi connectivity index (χ0v) is 68.0. The molecule has 0 bridgehead atoms. The van der Waals surface area contributed by atoms with Gasteiger partial charge in [-0.25, -0.2) is 4.85 Å². The number of phenolic OH excluding ortho intramolecular Hbond substituents is 2. The first-order chi connectivity index (χ1) is 60.2. The van der Waals surface area contributed by atoms with Crippen molar-refractivity contribution < 1.29 is 53.2 Å². The van der Waals surface area contributed by atoms with Crippen molar-refractivity contribution in [1.82, 2.24) is 0 Å². The highest BCUT2D eigenvalue weighted by molar-refractivity contribution is 5.83. The van der Waals surface area contributed by atoms with Gasteiger partial charge in [-0.05, 0) is 170 Å². The van der Waals surface area contributed by atoms with Crippen LogP contribution in [0.4, 0.5) is 5.69 Å². The molecule has 0 fully saturated rings. The number of ether oxygens (including phenoxy) is 8. The summed E-state index contributed by atoms with van der Waals surface area (Å²) >= 11 is 0. The van der Waals surface area contributed by atoms with Crippen LogP contribution in [-0.4, -0.2) is 15.3 Å². The van der Waals surface area contributed by atoms with E-state index in [9.17, 15) is 5.11 Å². The van der Waals surface area contributed by atoms with Gasteiger partial charge >= 0.3 is 0 Å². The second-order valence-electron chi connectivity index (χ2n) is 27.1. The standard InChI is InChI=1S/C17H14O.C14H11NO.C14H14O2.C14H14O.2C13H12O2.C13H12O.C12H10O/c1-2-6-14(7-3-1)13-18-17-11-10-15-8-4-5-9-16(15)12-17;1-15-13-7-9-14(10-8-13)16-11-12-5-3-2-4-6-12;15-10-12-6-8-14(9-7-12)16-11-13-4-2-1-3-5-13;1-3-7-13(8-4-1)11-15-12-14-9-5-2-6-10-14;14-12-7-4-8-13(9-12)15-10-11-5-2-1-3-6-11;14-12-6-8-13(9-7-12)15-10-11-4-2-1-3-5-11;1-3-7-12(8-4-1)11-14-13-9-5-2-6-10-13;1-3-7-11(8-4-1)13-12-9-5-2-6-10-12/h1-12H,13H2;2-10H,11H2;1-9,15H,10-11H2;1-10H,11-12H2;2*1-9,14H,10H2;1-10H,11H2;1-10H. The molecule has 610 valence electrons. The van der Waals surface area contributed by atoms with Gasteiger partial charge in [-0.15, -0.1) is 0 Å². The number of hydrogen-bond acceptors (Lipinski definition) is 11. The maximum atomic E-state index is 9.23. The van der Waals surface area contributed by atoms with Crippen LogP contribution >= 0.6 is 0 Å². The molecule has 0 aromatic heterocycles. The number of benzene rings is 17. The molecule has 3 N–H and O–H groups in total. The van der Waals surface area contributed by atoms with E-state index in [1.54, 1.807) is 54.6 Å². The van der Waals surface area contributed by atoms with Gasteiger partial charge in [0.15, 0.2) is 5.69 Å². The van der Waals surface area contributed by atoms with E-state index in [1.165, 1.54) is 33.0 Å². The van der Waals surface area contributed by atoms with Crippen LogP contribution in [0.15, 0.2) is 473 Å². The largest absolute Gasteiger partial charge is 0.508 e. The Morgan fingerprint density at radius 3 is 0.779 bits per heavy atom. The van der Waals surface area contributed by atoms with Crippen molar-refractivity contribution in [2.45, 2.75) is 59.5 Å². The Morgan fingerprint density at radius 1 is 0.197 bits per heavy atom. The average molecular weight is 1610 g/mol. The molecule has 17 rings (SSSR count). The minimum atomic E-state index is 0.0684. The summed E-state index contributed by atoms with van der Waals surface area (Å²) in [5.41, 5.74) is 10.9. The van der Waals surface area contributed by atoms with Crippen molar-refractivity contribution in [1.29, 1.82) is 0 Å². The van der Waals surface area contributed by atoms with E-state index in [4.69, 9.17) is 54.7 Å². The normalized spacial score (nSPS) is 9.90. The lowest BCUT2D eigenvalue weighted by Crippen LogP contribution is -1.95. The molecule has 0 saturated carbocycles. The Kier molecular flexibility index (Phi) is 39.2. The monoisotopic (exact) mass is 1610 g/mol. The third-order valence-electron chi connectivity index (χ3n) is 17.6. The van der Waals surface area contributed by atoms with Crippen LogP contribution in [0, 0.1) is 6.57 Å². The minimum Gasteiger partial charge on any atom is -0.508 e. The number of fused-ring (bicyclic) bond motifs is 1. The maximum Gasteiger partial charge on any atom is 0.187 e. The molecule has 0 spiro atoms. The maximum absolute atomic E-state index is 9.23. The lowest BCUT2D eigenvalue weighted by atomic mass is 10.1. The highest BCUT2D eigenvalue weighted by Crippen LogP contribution is 2.26. The molecule has 12 nitrogen and oxygen atoms in total. The molecule has 0 heterocycles. The number of rotatable bonds is 25. The van der Waals surface area contributed by atoms with Crippen molar-refractivity contribution in [3.05, 3.63) is 535 Å². The van der Waals surface area contributed by atoms with E-state index in [0.717, 1.165) is 68.1 Å². The predicted molar refractivity (Wildman–Crippen MR) is 491 cm³/mol. The van der Waals surface area contributed by atoms with Crippen molar-refractivity contribution in [3.63, 3.8) is 0 Å². The molecular weight excluding hydrogens is 1510 g/mol. The minimum absolute atomic E-state index is 0.0684. The first kappa shape index (κ1) is 89.0. The van der Waals surface area contributed by atoms with Gasteiger partial charge in [-0.3, -0.25) is 0 Å². The fourth-order valence-electron chi connectivity index (χ4n) is 11.2. The Balaban J connectivity index is 0.000000146. The summed E-state index contributed by atoms with van der Waals surface area (Å²) in [6.45, 7) is 11.7. The Labute approximate surface area is 717 Å². The molecule has 0 atom stereocenters. The fourth-order valence-corrected chi connectivity index (χ4v) is 11.2. The van der Waals surface area contributed by atoms with E-state index in [0.29, 0.717) is 64.3 Å². The third kappa shape index (κ3) is 36.0. The van der Waals surface area contributed by atoms with Gasteiger partial charge in [0.2, 0.25) is 0 Å².